The summed E-state index contributed by atoms with van der Waals surface area (Å²) in [4.78, 5) is 3.29. The third-order valence-electron chi connectivity index (χ3n) is 4.30. The lowest BCUT2D eigenvalue weighted by molar-refractivity contribution is 0.603. The van der Waals surface area contributed by atoms with Crippen LogP contribution < -0.4 is 10.0 Å². The molecule has 0 aliphatic heterocycles. The lowest BCUT2D eigenvalue weighted by Crippen LogP contribution is -2.11. The molecule has 0 amide bonds. The number of H-pyrrole nitrogens is 1. The van der Waals surface area contributed by atoms with Gasteiger partial charge in [-0.05, 0) is 53.8 Å². The molecule has 0 fully saturated rings. The average molecular weight is 398 g/mol. The van der Waals surface area contributed by atoms with Gasteiger partial charge in [0.1, 0.15) is 4.21 Å². The molecule has 3 N–H and O–H groups in total. The second kappa shape index (κ2) is 7.46. The molecule has 0 aliphatic rings. The monoisotopic (exact) mass is 397 g/mol. The maximum Gasteiger partial charge on any atom is 0.271 e. The number of nitrogens with one attached hydrogen (secondary N) is 3. The van der Waals surface area contributed by atoms with E-state index in [1.54, 1.807) is 29.6 Å². The summed E-state index contributed by atoms with van der Waals surface area (Å²) >= 11 is 1.20. The average Bonchev–Trinajstić information content (AvgIpc) is 3.34. The smallest absolute Gasteiger partial charge is 0.271 e. The van der Waals surface area contributed by atoms with Gasteiger partial charge in [-0.1, -0.05) is 24.3 Å². The van der Waals surface area contributed by atoms with Crippen molar-refractivity contribution in [2.75, 3.05) is 16.6 Å². The van der Waals surface area contributed by atoms with Crippen molar-refractivity contribution in [3.05, 3.63) is 77.8 Å². The third-order valence-corrected chi connectivity index (χ3v) is 7.07. The Balaban J connectivity index is 1.35. The van der Waals surface area contributed by atoms with Gasteiger partial charge >= 0.3 is 0 Å². The first-order chi connectivity index (χ1) is 13.1. The SMILES string of the molecule is O=S(=O)(Nc1ccc(NCCc2c[nH]c3ccccc23)cc1)c1cccs1. The fourth-order valence-electron chi connectivity index (χ4n) is 2.96. The van der Waals surface area contributed by atoms with E-state index in [4.69, 9.17) is 0 Å². The van der Waals surface area contributed by atoms with E-state index in [1.165, 1.54) is 22.3 Å². The zero-order valence-electron chi connectivity index (χ0n) is 14.5. The van der Waals surface area contributed by atoms with Crippen LogP contribution in [0.1, 0.15) is 5.56 Å². The molecule has 0 saturated heterocycles. The Hall–Kier alpha value is -2.77. The molecule has 0 radical (unpaired) electrons. The summed E-state index contributed by atoms with van der Waals surface area (Å²) in [5.74, 6) is 0. The molecule has 4 aromatic rings. The summed E-state index contributed by atoms with van der Waals surface area (Å²) in [6.07, 6.45) is 2.95. The largest absolute Gasteiger partial charge is 0.385 e. The highest BCUT2D eigenvalue weighted by Gasteiger charge is 2.14. The highest BCUT2D eigenvalue weighted by molar-refractivity contribution is 7.94. The lowest BCUT2D eigenvalue weighted by atomic mass is 10.1. The molecule has 0 aliphatic carbocycles. The molecular formula is C20H19N3O2S2. The number of sulfonamides is 1. The predicted octanol–water partition coefficient (Wildman–Crippen LogP) is 4.68. The van der Waals surface area contributed by atoms with Crippen LogP contribution in [0.3, 0.4) is 0 Å². The number of hydrogen-bond donors (Lipinski definition) is 3. The van der Waals surface area contributed by atoms with Crippen LogP contribution in [0.2, 0.25) is 0 Å². The molecule has 5 nitrogen and oxygen atoms in total. The first kappa shape index (κ1) is 17.6. The second-order valence-electron chi connectivity index (χ2n) is 6.15. The van der Waals surface area contributed by atoms with Crippen molar-refractivity contribution in [3.63, 3.8) is 0 Å². The van der Waals surface area contributed by atoms with Crippen molar-refractivity contribution < 1.29 is 8.42 Å². The van der Waals surface area contributed by atoms with Gasteiger partial charge in [-0.15, -0.1) is 11.3 Å². The molecule has 0 spiro atoms. The van der Waals surface area contributed by atoms with Crippen LogP contribution in [-0.4, -0.2) is 19.9 Å². The zero-order valence-corrected chi connectivity index (χ0v) is 16.1. The van der Waals surface area contributed by atoms with Crippen molar-refractivity contribution in [2.24, 2.45) is 0 Å². The minimum Gasteiger partial charge on any atom is -0.385 e. The molecular weight excluding hydrogens is 378 g/mol. The Bertz CT molecular complexity index is 1130. The molecule has 7 heteroatoms. The number of thiophene rings is 1. The summed E-state index contributed by atoms with van der Waals surface area (Å²) < 4.78 is 27.4. The topological polar surface area (TPSA) is 74.0 Å². The van der Waals surface area contributed by atoms with Gasteiger partial charge in [-0.3, -0.25) is 4.72 Å². The maximum atomic E-state index is 12.2. The minimum atomic E-state index is -3.51. The van der Waals surface area contributed by atoms with Crippen molar-refractivity contribution in [1.82, 2.24) is 4.98 Å². The summed E-state index contributed by atoms with van der Waals surface area (Å²) in [7, 11) is -3.51. The minimum absolute atomic E-state index is 0.309. The lowest BCUT2D eigenvalue weighted by Gasteiger charge is -2.09. The van der Waals surface area contributed by atoms with Crippen LogP contribution in [0, 0.1) is 0 Å². The standard InChI is InChI=1S/C20H19N3O2S2/c24-27(25,20-6-3-13-26-20)23-17-9-7-16(8-10-17)21-12-11-15-14-22-19-5-2-1-4-18(15)19/h1-10,13-14,21-23H,11-12H2. The Morgan fingerprint density at radius 3 is 2.48 bits per heavy atom. The second-order valence-corrected chi connectivity index (χ2v) is 9.01. The fourth-order valence-corrected chi connectivity index (χ4v) is 5.01. The Morgan fingerprint density at radius 1 is 0.926 bits per heavy atom. The quantitative estimate of drug-likeness (QED) is 0.424. The van der Waals surface area contributed by atoms with E-state index in [2.05, 4.69) is 33.4 Å². The van der Waals surface area contributed by atoms with Crippen LogP contribution in [-0.2, 0) is 16.4 Å². The number of hydrogen-bond acceptors (Lipinski definition) is 4. The van der Waals surface area contributed by atoms with Gasteiger partial charge in [0.25, 0.3) is 10.0 Å². The summed E-state index contributed by atoms with van der Waals surface area (Å²) in [5, 5.41) is 6.37. The van der Waals surface area contributed by atoms with Crippen LogP contribution in [0.5, 0.6) is 0 Å². The number of aromatic amines is 1. The molecule has 4 rings (SSSR count). The van der Waals surface area contributed by atoms with E-state index in [0.717, 1.165) is 24.2 Å². The van der Waals surface area contributed by atoms with Crippen LogP contribution in [0.15, 0.2) is 76.4 Å². The van der Waals surface area contributed by atoms with Crippen molar-refractivity contribution >= 4 is 43.6 Å². The van der Waals surface area contributed by atoms with E-state index in [9.17, 15) is 8.42 Å². The molecule has 138 valence electrons. The van der Waals surface area contributed by atoms with E-state index in [-0.39, 0.29) is 0 Å². The normalized spacial score (nSPS) is 11.6. The number of benzene rings is 2. The highest BCUT2D eigenvalue weighted by atomic mass is 32.2. The number of rotatable bonds is 7. The molecule has 2 aromatic carbocycles. The van der Waals surface area contributed by atoms with Gasteiger partial charge in [0.2, 0.25) is 0 Å². The molecule has 27 heavy (non-hydrogen) atoms. The third kappa shape index (κ3) is 3.99. The van der Waals surface area contributed by atoms with Crippen LogP contribution in [0.4, 0.5) is 11.4 Å². The van der Waals surface area contributed by atoms with E-state index >= 15 is 0 Å². The number of para-hydroxylation sites is 1. The van der Waals surface area contributed by atoms with Gasteiger partial charge in [-0.2, -0.15) is 0 Å². The summed E-state index contributed by atoms with van der Waals surface area (Å²) in [6.45, 7) is 0.794. The van der Waals surface area contributed by atoms with Gasteiger partial charge in [-0.25, -0.2) is 8.42 Å². The summed E-state index contributed by atoms with van der Waals surface area (Å²) in [5.41, 5.74) is 3.92. The van der Waals surface area contributed by atoms with Crippen molar-refractivity contribution in [3.8, 4) is 0 Å². The van der Waals surface area contributed by atoms with E-state index < -0.39 is 10.0 Å². The fraction of sp³-hybridized carbons (Fsp3) is 0.100. The Kier molecular flexibility index (Phi) is 4.87. The van der Waals surface area contributed by atoms with Crippen LogP contribution >= 0.6 is 11.3 Å². The molecule has 0 unspecified atom stereocenters. The van der Waals surface area contributed by atoms with Gasteiger partial charge in [0, 0.05) is 35.0 Å². The predicted molar refractivity (Wildman–Crippen MR) is 112 cm³/mol. The van der Waals surface area contributed by atoms with Crippen molar-refractivity contribution in [2.45, 2.75) is 10.6 Å². The first-order valence-electron chi connectivity index (χ1n) is 8.57. The first-order valence-corrected chi connectivity index (χ1v) is 10.9. The number of anilines is 2. The molecule has 0 atom stereocenters. The summed E-state index contributed by atoms with van der Waals surface area (Å²) in [6, 6.07) is 18.9. The number of fused-ring (bicyclic) bond motifs is 1. The van der Waals surface area contributed by atoms with Crippen molar-refractivity contribution in [1.29, 1.82) is 0 Å². The molecule has 0 saturated carbocycles. The molecule has 2 heterocycles. The Labute approximate surface area is 162 Å². The van der Waals surface area contributed by atoms with E-state index in [0.29, 0.717) is 9.90 Å². The zero-order chi connectivity index (χ0) is 18.7. The van der Waals surface area contributed by atoms with Gasteiger partial charge in [0.05, 0.1) is 0 Å². The molecule has 2 aromatic heterocycles. The van der Waals surface area contributed by atoms with Crippen LogP contribution in [0.25, 0.3) is 10.9 Å². The van der Waals surface area contributed by atoms with Gasteiger partial charge < -0.3 is 10.3 Å². The number of aromatic nitrogens is 1. The maximum absolute atomic E-state index is 12.2. The molecule has 0 bridgehead atoms. The van der Waals surface area contributed by atoms with E-state index in [1.807, 2.05) is 24.3 Å². The Morgan fingerprint density at radius 2 is 1.70 bits per heavy atom. The van der Waals surface area contributed by atoms with Gasteiger partial charge in [0.15, 0.2) is 0 Å². The highest BCUT2D eigenvalue weighted by Crippen LogP contribution is 2.22.